The third-order valence-electron chi connectivity index (χ3n) is 5.50. The van der Waals surface area contributed by atoms with Crippen molar-refractivity contribution in [1.82, 2.24) is 29.9 Å². The van der Waals surface area contributed by atoms with Crippen LogP contribution in [-0.4, -0.2) is 76.5 Å². The van der Waals surface area contributed by atoms with Crippen LogP contribution in [0, 0.1) is 6.92 Å². The van der Waals surface area contributed by atoms with Gasteiger partial charge in [-0.15, -0.1) is 10.2 Å². The maximum absolute atomic E-state index is 6.00. The molecule has 9 heteroatoms. The van der Waals surface area contributed by atoms with Crippen LogP contribution in [0.4, 0.5) is 0 Å². The van der Waals surface area contributed by atoms with Gasteiger partial charge in [-0.3, -0.25) is 4.90 Å². The van der Waals surface area contributed by atoms with Crippen LogP contribution in [0.1, 0.15) is 30.6 Å². The first kappa shape index (κ1) is 23.5. The van der Waals surface area contributed by atoms with Crippen molar-refractivity contribution in [2.24, 2.45) is 12.0 Å². The number of hydrogen-bond donors (Lipinski definition) is 1. The number of hydrogen-bond acceptors (Lipinski definition) is 5. The molecule has 2 aromatic rings. The van der Waals surface area contributed by atoms with Crippen LogP contribution in [0.15, 0.2) is 29.3 Å². The number of rotatable bonds is 9. The Hall–Kier alpha value is -2.16. The van der Waals surface area contributed by atoms with E-state index in [1.54, 1.807) is 0 Å². The molecule has 1 N–H and O–H groups in total. The smallest absolute Gasteiger partial charge is 0.194 e. The number of guanidine groups is 1. The van der Waals surface area contributed by atoms with E-state index in [9.17, 15) is 0 Å². The van der Waals surface area contributed by atoms with Gasteiger partial charge in [-0.25, -0.2) is 4.99 Å². The molecule has 0 radical (unpaired) electrons. The van der Waals surface area contributed by atoms with Gasteiger partial charge in [0.15, 0.2) is 11.8 Å². The highest BCUT2D eigenvalue weighted by atomic mass is 35.5. The lowest BCUT2D eigenvalue weighted by atomic mass is 10.2. The molecule has 0 spiro atoms. The Balaban J connectivity index is 1.57. The van der Waals surface area contributed by atoms with Gasteiger partial charge in [-0.2, -0.15) is 0 Å². The zero-order valence-corrected chi connectivity index (χ0v) is 19.6. The van der Waals surface area contributed by atoms with Gasteiger partial charge in [0.1, 0.15) is 12.4 Å². The lowest BCUT2D eigenvalue weighted by Crippen LogP contribution is -2.52. The molecular formula is C22H34ClN7O. The van der Waals surface area contributed by atoms with Crippen LogP contribution in [-0.2, 0) is 24.9 Å². The normalized spacial score (nSPS) is 15.5. The lowest BCUT2D eigenvalue weighted by molar-refractivity contribution is 0.145. The van der Waals surface area contributed by atoms with Gasteiger partial charge in [-0.05, 0) is 38.0 Å². The van der Waals surface area contributed by atoms with Crippen LogP contribution >= 0.6 is 11.6 Å². The van der Waals surface area contributed by atoms with E-state index in [2.05, 4.69) is 37.4 Å². The second-order valence-electron chi connectivity index (χ2n) is 7.73. The standard InChI is InChI=1S/C22H34ClN7O/c1-4-31-15-5-10-24-22(25-16-21-27-26-18(2)28(21)3)30-13-11-29(12-14-30)17-19-6-8-20(23)9-7-19/h6-9H,4-5,10-17H2,1-3H3,(H,24,25). The molecule has 0 atom stereocenters. The summed E-state index contributed by atoms with van der Waals surface area (Å²) in [5.41, 5.74) is 1.29. The van der Waals surface area contributed by atoms with E-state index in [1.165, 1.54) is 5.56 Å². The summed E-state index contributed by atoms with van der Waals surface area (Å²) < 4.78 is 7.44. The zero-order chi connectivity index (χ0) is 22.1. The van der Waals surface area contributed by atoms with Crippen LogP contribution in [0.25, 0.3) is 0 Å². The van der Waals surface area contributed by atoms with E-state index in [1.807, 2.05) is 37.6 Å². The molecule has 1 aromatic heterocycles. The van der Waals surface area contributed by atoms with Crippen LogP contribution in [0.2, 0.25) is 5.02 Å². The zero-order valence-electron chi connectivity index (χ0n) is 18.8. The van der Waals surface area contributed by atoms with E-state index in [4.69, 9.17) is 21.3 Å². The molecule has 1 fully saturated rings. The molecule has 170 valence electrons. The van der Waals surface area contributed by atoms with Crippen molar-refractivity contribution in [3.05, 3.63) is 46.5 Å². The molecule has 1 aromatic carbocycles. The van der Waals surface area contributed by atoms with E-state index in [0.717, 1.165) is 81.5 Å². The molecule has 1 saturated heterocycles. The molecule has 2 heterocycles. The molecule has 0 unspecified atom stereocenters. The minimum Gasteiger partial charge on any atom is -0.382 e. The van der Waals surface area contributed by atoms with Crippen molar-refractivity contribution in [3.63, 3.8) is 0 Å². The van der Waals surface area contributed by atoms with Crippen molar-refractivity contribution in [2.45, 2.75) is 33.4 Å². The van der Waals surface area contributed by atoms with Crippen molar-refractivity contribution in [3.8, 4) is 0 Å². The average Bonchev–Trinajstić information content (AvgIpc) is 3.10. The number of nitrogens with zero attached hydrogens (tertiary/aromatic N) is 6. The maximum Gasteiger partial charge on any atom is 0.194 e. The quantitative estimate of drug-likeness (QED) is 0.362. The number of aryl methyl sites for hydroxylation is 1. The predicted octanol–water partition coefficient (Wildman–Crippen LogP) is 2.47. The maximum atomic E-state index is 6.00. The summed E-state index contributed by atoms with van der Waals surface area (Å²) in [5.74, 6) is 2.70. The summed E-state index contributed by atoms with van der Waals surface area (Å²) in [6.45, 7) is 11.6. The number of halogens is 1. The Bertz CT molecular complexity index is 829. The molecule has 0 saturated carbocycles. The Morgan fingerprint density at radius 3 is 2.55 bits per heavy atom. The largest absolute Gasteiger partial charge is 0.382 e. The van der Waals surface area contributed by atoms with Gasteiger partial charge in [-0.1, -0.05) is 23.7 Å². The summed E-state index contributed by atoms with van der Waals surface area (Å²) in [5, 5.41) is 12.7. The molecule has 0 amide bonds. The molecule has 31 heavy (non-hydrogen) atoms. The highest BCUT2D eigenvalue weighted by Crippen LogP contribution is 2.13. The summed E-state index contributed by atoms with van der Waals surface area (Å²) in [6.07, 6.45) is 0.951. The van der Waals surface area contributed by atoms with Gasteiger partial charge >= 0.3 is 0 Å². The Morgan fingerprint density at radius 1 is 1.16 bits per heavy atom. The van der Waals surface area contributed by atoms with Gasteiger partial charge in [0.2, 0.25) is 0 Å². The highest BCUT2D eigenvalue weighted by Gasteiger charge is 2.20. The fourth-order valence-electron chi connectivity index (χ4n) is 3.49. The molecule has 3 rings (SSSR count). The van der Waals surface area contributed by atoms with Crippen LogP contribution in [0.5, 0.6) is 0 Å². The Morgan fingerprint density at radius 2 is 1.90 bits per heavy atom. The molecule has 0 bridgehead atoms. The van der Waals surface area contributed by atoms with Crippen molar-refractivity contribution in [1.29, 1.82) is 0 Å². The number of ether oxygens (including phenoxy) is 1. The first-order valence-corrected chi connectivity index (χ1v) is 11.4. The third kappa shape index (κ3) is 7.19. The summed E-state index contributed by atoms with van der Waals surface area (Å²) in [4.78, 5) is 9.67. The van der Waals surface area contributed by atoms with Crippen molar-refractivity contribution >= 4 is 17.6 Å². The van der Waals surface area contributed by atoms with Crippen LogP contribution in [0.3, 0.4) is 0 Å². The topological polar surface area (TPSA) is 70.8 Å². The van der Waals surface area contributed by atoms with Gasteiger partial charge in [0.05, 0.1) is 0 Å². The number of nitrogens with one attached hydrogen (secondary N) is 1. The van der Waals surface area contributed by atoms with Crippen LogP contribution < -0.4 is 5.32 Å². The SMILES string of the molecule is CCOCCCNC(=NCc1nnc(C)n1C)N1CCN(Cc2ccc(Cl)cc2)CC1. The third-order valence-corrected chi connectivity index (χ3v) is 5.75. The summed E-state index contributed by atoms with van der Waals surface area (Å²) in [7, 11) is 1.98. The number of aliphatic imine (C=N–C) groups is 1. The average molecular weight is 448 g/mol. The Labute approximate surface area is 190 Å². The van der Waals surface area contributed by atoms with Gasteiger partial charge in [0.25, 0.3) is 0 Å². The van der Waals surface area contributed by atoms with E-state index < -0.39 is 0 Å². The first-order chi connectivity index (χ1) is 15.1. The van der Waals surface area contributed by atoms with Crippen molar-refractivity contribution < 1.29 is 4.74 Å². The van der Waals surface area contributed by atoms with Crippen molar-refractivity contribution in [2.75, 3.05) is 45.9 Å². The minimum atomic E-state index is 0.510. The highest BCUT2D eigenvalue weighted by molar-refractivity contribution is 6.30. The van der Waals surface area contributed by atoms with E-state index >= 15 is 0 Å². The number of aromatic nitrogens is 3. The van der Waals surface area contributed by atoms with E-state index in [-0.39, 0.29) is 0 Å². The summed E-state index contributed by atoms with van der Waals surface area (Å²) in [6, 6.07) is 8.12. The Kier molecular flexibility index (Phi) is 9.12. The monoisotopic (exact) mass is 447 g/mol. The molecule has 0 aliphatic carbocycles. The summed E-state index contributed by atoms with van der Waals surface area (Å²) >= 11 is 6.00. The predicted molar refractivity (Wildman–Crippen MR) is 124 cm³/mol. The lowest BCUT2D eigenvalue weighted by Gasteiger charge is -2.36. The minimum absolute atomic E-state index is 0.510. The molecular weight excluding hydrogens is 414 g/mol. The first-order valence-electron chi connectivity index (χ1n) is 11.0. The number of piperazine rings is 1. The van der Waals surface area contributed by atoms with Gasteiger partial charge < -0.3 is 19.5 Å². The van der Waals surface area contributed by atoms with Gasteiger partial charge in [0, 0.05) is 64.6 Å². The molecule has 8 nitrogen and oxygen atoms in total. The second kappa shape index (κ2) is 12.0. The fourth-order valence-corrected chi connectivity index (χ4v) is 3.61. The van der Waals surface area contributed by atoms with E-state index in [0.29, 0.717) is 6.54 Å². The molecule has 1 aliphatic rings. The molecule has 1 aliphatic heterocycles. The second-order valence-corrected chi connectivity index (χ2v) is 8.17. The fraction of sp³-hybridized carbons (Fsp3) is 0.591. The number of benzene rings is 1.